The number of benzene rings is 2. The molecule has 0 fully saturated rings. The molecule has 0 saturated carbocycles. The number of methoxy groups -OCH3 is 2. The van der Waals surface area contributed by atoms with Crippen molar-refractivity contribution in [3.8, 4) is 11.5 Å². The average molecular weight is 375 g/mol. The maximum Gasteiger partial charge on any atom is 0.342 e. The Morgan fingerprint density at radius 3 is 2.46 bits per heavy atom. The normalized spacial score (nSPS) is 10.1. The molecular formula is C19H21NO5S. The summed E-state index contributed by atoms with van der Waals surface area (Å²) in [7, 11) is 2.92. The fourth-order valence-electron chi connectivity index (χ4n) is 2.18. The quantitative estimate of drug-likeness (QED) is 0.413. The van der Waals surface area contributed by atoms with Crippen molar-refractivity contribution in [2.75, 3.05) is 33.1 Å². The van der Waals surface area contributed by atoms with Crippen LogP contribution in [0.25, 0.3) is 0 Å². The van der Waals surface area contributed by atoms with E-state index in [1.165, 1.54) is 14.2 Å². The molecule has 0 aliphatic carbocycles. The number of hydrogen-bond donors (Lipinski definition) is 1. The smallest absolute Gasteiger partial charge is 0.342 e. The Morgan fingerprint density at radius 2 is 1.77 bits per heavy atom. The minimum absolute atomic E-state index is 0.208. The minimum atomic E-state index is -0.644. The van der Waals surface area contributed by atoms with Crippen LogP contribution in [0.2, 0.25) is 0 Å². The van der Waals surface area contributed by atoms with E-state index in [0.29, 0.717) is 12.3 Å². The molecule has 0 saturated heterocycles. The Morgan fingerprint density at radius 1 is 1.00 bits per heavy atom. The van der Waals surface area contributed by atoms with Crippen molar-refractivity contribution in [1.82, 2.24) is 5.32 Å². The first kappa shape index (κ1) is 19.7. The van der Waals surface area contributed by atoms with E-state index in [0.717, 1.165) is 10.6 Å². The molecular weight excluding hydrogens is 354 g/mol. The lowest BCUT2D eigenvalue weighted by Gasteiger charge is -2.12. The lowest BCUT2D eigenvalue weighted by molar-refractivity contribution is -0.124. The first-order chi connectivity index (χ1) is 12.7. The minimum Gasteiger partial charge on any atom is -0.493 e. The summed E-state index contributed by atoms with van der Waals surface area (Å²) in [5.74, 6) is 0.431. The average Bonchev–Trinajstić information content (AvgIpc) is 2.69. The number of amides is 1. The summed E-state index contributed by atoms with van der Waals surface area (Å²) in [6, 6.07) is 14.8. The number of nitrogens with one attached hydrogen (secondary N) is 1. The van der Waals surface area contributed by atoms with Gasteiger partial charge in [-0.25, -0.2) is 4.79 Å². The van der Waals surface area contributed by atoms with E-state index in [-0.39, 0.29) is 23.8 Å². The summed E-state index contributed by atoms with van der Waals surface area (Å²) < 4.78 is 15.4. The summed E-state index contributed by atoms with van der Waals surface area (Å²) in [5.41, 5.74) is 0.208. The molecule has 2 aromatic carbocycles. The largest absolute Gasteiger partial charge is 0.493 e. The van der Waals surface area contributed by atoms with Gasteiger partial charge in [0, 0.05) is 17.2 Å². The van der Waals surface area contributed by atoms with Crippen LogP contribution in [0.15, 0.2) is 53.4 Å². The third-order valence-corrected chi connectivity index (χ3v) is 4.41. The van der Waals surface area contributed by atoms with Crippen LogP contribution in [0.3, 0.4) is 0 Å². The third-order valence-electron chi connectivity index (χ3n) is 3.39. The van der Waals surface area contributed by atoms with Gasteiger partial charge in [0.2, 0.25) is 0 Å². The van der Waals surface area contributed by atoms with Crippen LogP contribution in [-0.2, 0) is 9.53 Å². The van der Waals surface area contributed by atoms with Crippen molar-refractivity contribution in [1.29, 1.82) is 0 Å². The first-order valence-corrected chi connectivity index (χ1v) is 8.97. The molecule has 26 heavy (non-hydrogen) atoms. The standard InChI is InChI=1S/C19H21NO5S/c1-23-16-10-6-9-15(18(16)24-2)19(22)25-13-17(21)20-11-12-26-14-7-4-3-5-8-14/h3-10H,11-13H2,1-2H3,(H,20,21). The van der Waals surface area contributed by atoms with Crippen molar-refractivity contribution in [3.63, 3.8) is 0 Å². The van der Waals surface area contributed by atoms with E-state index in [4.69, 9.17) is 14.2 Å². The highest BCUT2D eigenvalue weighted by molar-refractivity contribution is 7.99. The van der Waals surface area contributed by atoms with Gasteiger partial charge in [0.15, 0.2) is 18.1 Å². The predicted molar refractivity (Wildman–Crippen MR) is 100 cm³/mol. The van der Waals surface area contributed by atoms with E-state index in [1.54, 1.807) is 30.0 Å². The molecule has 0 heterocycles. The molecule has 7 heteroatoms. The zero-order valence-corrected chi connectivity index (χ0v) is 15.5. The highest BCUT2D eigenvalue weighted by Crippen LogP contribution is 2.31. The van der Waals surface area contributed by atoms with Gasteiger partial charge >= 0.3 is 5.97 Å². The molecule has 6 nitrogen and oxygen atoms in total. The second-order valence-corrected chi connectivity index (χ2v) is 6.30. The van der Waals surface area contributed by atoms with Crippen LogP contribution in [-0.4, -0.2) is 45.0 Å². The van der Waals surface area contributed by atoms with Gasteiger partial charge in [-0.2, -0.15) is 0 Å². The summed E-state index contributed by atoms with van der Waals surface area (Å²) in [4.78, 5) is 25.1. The van der Waals surface area contributed by atoms with Crippen LogP contribution >= 0.6 is 11.8 Å². The van der Waals surface area contributed by atoms with Gasteiger partial charge in [-0.05, 0) is 24.3 Å². The van der Waals surface area contributed by atoms with Gasteiger partial charge in [0.05, 0.1) is 14.2 Å². The van der Waals surface area contributed by atoms with Gasteiger partial charge < -0.3 is 19.5 Å². The molecule has 138 valence electrons. The van der Waals surface area contributed by atoms with E-state index in [9.17, 15) is 9.59 Å². The first-order valence-electron chi connectivity index (χ1n) is 7.98. The molecule has 0 spiro atoms. The van der Waals surface area contributed by atoms with Crippen LogP contribution < -0.4 is 14.8 Å². The van der Waals surface area contributed by atoms with Crippen molar-refractivity contribution in [2.24, 2.45) is 0 Å². The Bertz CT molecular complexity index is 736. The Kier molecular flexibility index (Phi) is 7.82. The SMILES string of the molecule is COc1cccc(C(=O)OCC(=O)NCCSc2ccccc2)c1OC. The van der Waals surface area contributed by atoms with E-state index in [1.807, 2.05) is 30.3 Å². The lowest BCUT2D eigenvalue weighted by Crippen LogP contribution is -2.30. The van der Waals surface area contributed by atoms with Gasteiger partial charge in [0.1, 0.15) is 5.56 Å². The maximum atomic E-state index is 12.2. The molecule has 2 rings (SSSR count). The van der Waals surface area contributed by atoms with Crippen molar-refractivity contribution in [3.05, 3.63) is 54.1 Å². The summed E-state index contributed by atoms with van der Waals surface area (Å²) >= 11 is 1.64. The van der Waals surface area contributed by atoms with E-state index >= 15 is 0 Å². The molecule has 1 amide bonds. The molecule has 0 unspecified atom stereocenters. The molecule has 0 atom stereocenters. The monoisotopic (exact) mass is 375 g/mol. The van der Waals surface area contributed by atoms with Gasteiger partial charge in [-0.15, -0.1) is 11.8 Å². The fourth-order valence-corrected chi connectivity index (χ4v) is 2.97. The molecule has 0 aromatic heterocycles. The molecule has 0 radical (unpaired) electrons. The van der Waals surface area contributed by atoms with Gasteiger partial charge in [-0.1, -0.05) is 24.3 Å². The fraction of sp³-hybridized carbons (Fsp3) is 0.263. The number of para-hydroxylation sites is 1. The number of hydrogen-bond acceptors (Lipinski definition) is 6. The number of rotatable bonds is 9. The highest BCUT2D eigenvalue weighted by Gasteiger charge is 2.18. The van der Waals surface area contributed by atoms with E-state index < -0.39 is 5.97 Å². The van der Waals surface area contributed by atoms with Crippen molar-refractivity contribution >= 4 is 23.6 Å². The van der Waals surface area contributed by atoms with Crippen LogP contribution in [0.4, 0.5) is 0 Å². The van der Waals surface area contributed by atoms with E-state index in [2.05, 4.69) is 5.32 Å². The highest BCUT2D eigenvalue weighted by atomic mass is 32.2. The Labute approximate surface area is 156 Å². The topological polar surface area (TPSA) is 73.9 Å². The lowest BCUT2D eigenvalue weighted by atomic mass is 10.2. The van der Waals surface area contributed by atoms with Crippen molar-refractivity contribution < 1.29 is 23.8 Å². The second kappa shape index (κ2) is 10.4. The zero-order chi connectivity index (χ0) is 18.8. The predicted octanol–water partition coefficient (Wildman–Crippen LogP) is 2.77. The second-order valence-electron chi connectivity index (χ2n) is 5.13. The molecule has 0 aliphatic rings. The molecule has 1 N–H and O–H groups in total. The number of carbonyl (C=O) groups excluding carboxylic acids is 2. The summed E-state index contributed by atoms with van der Waals surface area (Å²) in [5, 5.41) is 2.72. The maximum absolute atomic E-state index is 12.2. The molecule has 2 aromatic rings. The Hall–Kier alpha value is -2.67. The summed E-state index contributed by atoms with van der Waals surface area (Å²) in [6.07, 6.45) is 0. The molecule has 0 aliphatic heterocycles. The van der Waals surface area contributed by atoms with Crippen LogP contribution in [0.5, 0.6) is 11.5 Å². The Balaban J connectivity index is 1.76. The van der Waals surface area contributed by atoms with Crippen LogP contribution in [0.1, 0.15) is 10.4 Å². The summed E-state index contributed by atoms with van der Waals surface area (Å²) in [6.45, 7) is 0.133. The number of thioether (sulfide) groups is 1. The zero-order valence-electron chi connectivity index (χ0n) is 14.7. The number of ether oxygens (including phenoxy) is 3. The molecule has 0 bridgehead atoms. The van der Waals surface area contributed by atoms with Crippen LogP contribution in [0, 0.1) is 0 Å². The van der Waals surface area contributed by atoms with Gasteiger partial charge in [0.25, 0.3) is 5.91 Å². The van der Waals surface area contributed by atoms with Gasteiger partial charge in [-0.3, -0.25) is 4.79 Å². The number of carbonyl (C=O) groups is 2. The van der Waals surface area contributed by atoms with Crippen molar-refractivity contribution in [2.45, 2.75) is 4.90 Å². The number of esters is 1. The third kappa shape index (κ3) is 5.70.